The predicted molar refractivity (Wildman–Crippen MR) is 107 cm³/mol. The van der Waals surface area contributed by atoms with Gasteiger partial charge < -0.3 is 0 Å². The summed E-state index contributed by atoms with van der Waals surface area (Å²) < 4.78 is 0. The van der Waals surface area contributed by atoms with Crippen molar-refractivity contribution < 1.29 is 4.79 Å². The van der Waals surface area contributed by atoms with Gasteiger partial charge in [0.05, 0.1) is 5.70 Å². The number of rotatable bonds is 9. The zero-order valence-electron chi connectivity index (χ0n) is 15.4. The smallest absolute Gasteiger partial charge is 0.185 e. The Morgan fingerprint density at radius 2 is 1.71 bits per heavy atom. The molecule has 0 saturated heterocycles. The molecular weight excluding hydrogens is 296 g/mol. The van der Waals surface area contributed by atoms with Crippen LogP contribution in [0.2, 0.25) is 0 Å². The standard InChI is InChI=1S/C21H28N2O/c1-7-12-14-19(22-6)18(11-5)17(10-4)16-21(24)20(13-8-2)23-15-9-3/h7-15H,6,16H2,1-5H3/b12-7-,13-8-,15-9-,17-10-,18-11-,19-14+,23-20+. The molecule has 0 aromatic heterocycles. The third kappa shape index (κ3) is 7.14. The van der Waals surface area contributed by atoms with Crippen molar-refractivity contribution in [2.75, 3.05) is 0 Å². The Bertz CT molecular complexity index is 639. The Kier molecular flexibility index (Phi) is 11.6. The minimum absolute atomic E-state index is 0.0342. The third-order valence-electron chi connectivity index (χ3n) is 3.20. The lowest BCUT2D eigenvalue weighted by Crippen LogP contribution is -2.13. The molecule has 0 aromatic carbocycles. The van der Waals surface area contributed by atoms with Gasteiger partial charge in [-0.3, -0.25) is 14.8 Å². The van der Waals surface area contributed by atoms with Gasteiger partial charge in [0.2, 0.25) is 0 Å². The van der Waals surface area contributed by atoms with Crippen LogP contribution in [-0.4, -0.2) is 18.2 Å². The van der Waals surface area contributed by atoms with Crippen molar-refractivity contribution in [1.29, 1.82) is 0 Å². The second-order valence-corrected chi connectivity index (χ2v) is 4.85. The monoisotopic (exact) mass is 324 g/mol. The third-order valence-corrected chi connectivity index (χ3v) is 3.20. The molecule has 0 aromatic rings. The molecule has 0 atom stereocenters. The van der Waals surface area contributed by atoms with E-state index >= 15 is 0 Å². The molecule has 0 N–H and O–H groups in total. The molecule has 0 spiro atoms. The molecule has 128 valence electrons. The predicted octanol–water partition coefficient (Wildman–Crippen LogP) is 5.55. The van der Waals surface area contributed by atoms with Crippen molar-refractivity contribution in [2.45, 2.75) is 41.0 Å². The van der Waals surface area contributed by atoms with E-state index in [0.717, 1.165) is 16.8 Å². The summed E-state index contributed by atoms with van der Waals surface area (Å²) in [5.74, 6) is -0.0342. The van der Waals surface area contributed by atoms with E-state index in [2.05, 4.69) is 16.7 Å². The van der Waals surface area contributed by atoms with Crippen LogP contribution in [0.25, 0.3) is 0 Å². The molecule has 0 rings (SSSR count). The normalized spacial score (nSPS) is 15.0. The highest BCUT2D eigenvalue weighted by Crippen LogP contribution is 2.24. The Balaban J connectivity index is 5.63. The van der Waals surface area contributed by atoms with E-state index < -0.39 is 0 Å². The summed E-state index contributed by atoms with van der Waals surface area (Å²) in [6, 6.07) is 0. The first kappa shape index (κ1) is 21.4. The first-order valence-electron chi connectivity index (χ1n) is 8.06. The van der Waals surface area contributed by atoms with Crippen molar-refractivity contribution in [3.05, 3.63) is 71.7 Å². The van der Waals surface area contributed by atoms with Gasteiger partial charge in [-0.2, -0.15) is 0 Å². The molecular formula is C21H28N2O. The minimum atomic E-state index is -0.0342. The van der Waals surface area contributed by atoms with Gasteiger partial charge in [-0.15, -0.1) is 0 Å². The number of hydrogen-bond donors (Lipinski definition) is 0. The quantitative estimate of drug-likeness (QED) is 0.405. The lowest BCUT2D eigenvalue weighted by molar-refractivity contribution is -0.112. The summed E-state index contributed by atoms with van der Waals surface area (Å²) in [5.41, 5.74) is 3.00. The second-order valence-electron chi connectivity index (χ2n) is 4.85. The van der Waals surface area contributed by atoms with Crippen molar-refractivity contribution in [3.63, 3.8) is 0 Å². The number of hydrogen-bond acceptors (Lipinski definition) is 3. The highest BCUT2D eigenvalue weighted by molar-refractivity contribution is 6.44. The van der Waals surface area contributed by atoms with Crippen molar-refractivity contribution in [3.8, 4) is 0 Å². The number of aliphatic imine (C=N–C) groups is 2. The highest BCUT2D eigenvalue weighted by Gasteiger charge is 2.15. The fraction of sp³-hybridized carbons (Fsp3) is 0.286. The Hall–Kier alpha value is -2.55. The number of Topliss-reactive ketones (excluding diaryl/α,β-unsaturated/α-hetero) is 1. The average Bonchev–Trinajstić information content (AvgIpc) is 2.60. The lowest BCUT2D eigenvalue weighted by atomic mass is 9.95. The molecule has 3 heteroatoms. The van der Waals surface area contributed by atoms with Gasteiger partial charge in [0.1, 0.15) is 5.71 Å². The van der Waals surface area contributed by atoms with E-state index in [9.17, 15) is 4.79 Å². The van der Waals surface area contributed by atoms with E-state index in [1.165, 1.54) is 0 Å². The van der Waals surface area contributed by atoms with Gasteiger partial charge in [-0.1, -0.05) is 36.5 Å². The maximum absolute atomic E-state index is 12.6. The number of carbonyl (C=O) groups excluding carboxylic acids is 1. The Morgan fingerprint density at radius 3 is 2.17 bits per heavy atom. The van der Waals surface area contributed by atoms with Crippen molar-refractivity contribution in [2.24, 2.45) is 9.98 Å². The van der Waals surface area contributed by atoms with E-state index in [-0.39, 0.29) is 12.2 Å². The van der Waals surface area contributed by atoms with E-state index in [4.69, 9.17) is 0 Å². The molecule has 24 heavy (non-hydrogen) atoms. The topological polar surface area (TPSA) is 41.8 Å². The number of nitrogens with zero attached hydrogens (tertiary/aromatic N) is 2. The molecule has 0 bridgehead atoms. The molecule has 0 aliphatic heterocycles. The molecule has 0 amide bonds. The Morgan fingerprint density at radius 1 is 1.00 bits per heavy atom. The van der Waals surface area contributed by atoms with Gasteiger partial charge in [0, 0.05) is 12.6 Å². The maximum atomic E-state index is 12.6. The van der Waals surface area contributed by atoms with Crippen LogP contribution in [0.3, 0.4) is 0 Å². The van der Waals surface area contributed by atoms with Gasteiger partial charge in [-0.25, -0.2) is 0 Å². The van der Waals surface area contributed by atoms with Gasteiger partial charge in [-0.05, 0) is 64.6 Å². The number of ketones is 1. The van der Waals surface area contributed by atoms with Crippen LogP contribution in [0.5, 0.6) is 0 Å². The molecule has 0 unspecified atom stereocenters. The summed E-state index contributed by atoms with van der Waals surface area (Å²) in [6.45, 7) is 13.2. The highest BCUT2D eigenvalue weighted by atomic mass is 16.1. The molecule has 0 saturated carbocycles. The van der Waals surface area contributed by atoms with Crippen LogP contribution in [0.15, 0.2) is 81.6 Å². The minimum Gasteiger partial charge on any atom is -0.292 e. The molecule has 0 fully saturated rings. The van der Waals surface area contributed by atoms with Crippen molar-refractivity contribution in [1.82, 2.24) is 0 Å². The summed E-state index contributed by atoms with van der Waals surface area (Å²) in [4.78, 5) is 20.9. The molecule has 0 aliphatic rings. The zero-order chi connectivity index (χ0) is 18.4. The second kappa shape index (κ2) is 12.9. The SMILES string of the molecule is C=NC(=C/C=C\C)/C(=C\C)C(=C\C)/CC(=O)C(/C=C\C)=N/C=C\C. The maximum Gasteiger partial charge on any atom is 0.185 e. The van der Waals surface area contributed by atoms with Crippen LogP contribution in [0.4, 0.5) is 0 Å². The molecule has 0 heterocycles. The zero-order valence-corrected chi connectivity index (χ0v) is 15.4. The number of carbonyl (C=O) groups is 1. The lowest BCUT2D eigenvalue weighted by Gasteiger charge is -2.12. The van der Waals surface area contributed by atoms with Gasteiger partial charge >= 0.3 is 0 Å². The first-order chi connectivity index (χ1) is 11.6. The fourth-order valence-corrected chi connectivity index (χ4v) is 2.05. The summed E-state index contributed by atoms with van der Waals surface area (Å²) in [7, 11) is 0. The average molecular weight is 324 g/mol. The first-order valence-corrected chi connectivity index (χ1v) is 8.06. The fourth-order valence-electron chi connectivity index (χ4n) is 2.05. The van der Waals surface area contributed by atoms with Crippen LogP contribution in [-0.2, 0) is 4.79 Å². The van der Waals surface area contributed by atoms with Crippen LogP contribution >= 0.6 is 0 Å². The van der Waals surface area contributed by atoms with Crippen LogP contribution < -0.4 is 0 Å². The Labute approximate surface area is 146 Å². The number of allylic oxidation sites excluding steroid dienone is 9. The summed E-state index contributed by atoms with van der Waals surface area (Å²) in [6.07, 6.45) is 16.8. The molecule has 3 nitrogen and oxygen atoms in total. The summed E-state index contributed by atoms with van der Waals surface area (Å²) >= 11 is 0. The van der Waals surface area contributed by atoms with E-state index in [0.29, 0.717) is 5.71 Å². The van der Waals surface area contributed by atoms with Crippen LogP contribution in [0.1, 0.15) is 41.0 Å². The molecule has 0 aliphatic carbocycles. The van der Waals surface area contributed by atoms with E-state index in [1.807, 2.05) is 71.1 Å². The molecule has 0 radical (unpaired) electrons. The van der Waals surface area contributed by atoms with Crippen LogP contribution in [0, 0.1) is 0 Å². The van der Waals surface area contributed by atoms with Gasteiger partial charge in [0.25, 0.3) is 0 Å². The largest absolute Gasteiger partial charge is 0.292 e. The van der Waals surface area contributed by atoms with Crippen molar-refractivity contribution >= 4 is 18.2 Å². The van der Waals surface area contributed by atoms with Gasteiger partial charge in [0.15, 0.2) is 5.78 Å². The van der Waals surface area contributed by atoms with E-state index in [1.54, 1.807) is 18.4 Å². The summed E-state index contributed by atoms with van der Waals surface area (Å²) in [5, 5.41) is 0.